The molecule has 0 fully saturated rings. The van der Waals surface area contributed by atoms with Crippen molar-refractivity contribution in [1.82, 2.24) is 0 Å². The van der Waals surface area contributed by atoms with Gasteiger partial charge >= 0.3 is 0 Å². The van der Waals surface area contributed by atoms with E-state index < -0.39 is 16.1 Å². The smallest absolute Gasteiger partial charge is 0.0565 e. The minimum Gasteiger partial charge on any atom is -0.298 e. The second-order valence-electron chi connectivity index (χ2n) is 8.33. The minimum absolute atomic E-state index is 0.955. The molecule has 0 spiro atoms. The van der Waals surface area contributed by atoms with Crippen LogP contribution in [0.25, 0.3) is 0 Å². The molecule has 0 saturated heterocycles. The number of hydrogen-bond donors (Lipinski definition) is 0. The third kappa shape index (κ3) is 14.9. The fraction of sp³-hybridized carbons (Fsp3) is 0.750. The van der Waals surface area contributed by atoms with Crippen LogP contribution in [0.5, 0.6) is 0 Å². The number of hydrogen-bond acceptors (Lipinski definition) is 1. The normalized spacial score (nSPS) is 13.8. The van der Waals surface area contributed by atoms with Crippen molar-refractivity contribution in [3.8, 4) is 0 Å². The highest BCUT2D eigenvalue weighted by Crippen LogP contribution is 2.20. The Labute approximate surface area is 148 Å². The van der Waals surface area contributed by atoms with E-state index >= 15 is 0 Å². The van der Waals surface area contributed by atoms with Gasteiger partial charge in [0.2, 0.25) is 0 Å². The van der Waals surface area contributed by atoms with Gasteiger partial charge in [0.25, 0.3) is 0 Å². The van der Waals surface area contributed by atoms with E-state index in [2.05, 4.69) is 75.5 Å². The van der Waals surface area contributed by atoms with Crippen molar-refractivity contribution < 1.29 is 0 Å². The average molecular weight is 352 g/mol. The molecule has 134 valence electrons. The van der Waals surface area contributed by atoms with Gasteiger partial charge < -0.3 is 0 Å². The zero-order valence-corrected chi connectivity index (χ0v) is 18.7. The summed E-state index contributed by atoms with van der Waals surface area (Å²) in [5.74, 6) is 0. The first-order valence-corrected chi connectivity index (χ1v) is 16.4. The summed E-state index contributed by atoms with van der Waals surface area (Å²) in [6.07, 6.45) is 16.7. The number of nitrogens with zero attached hydrogens (tertiary/aromatic N) is 1. The SMILES string of the molecule is C/C=C/C[Si](C)(C)CC=NCCCCCC[Si](C)(C)C/C=C/C. The second kappa shape index (κ2) is 12.9. The summed E-state index contributed by atoms with van der Waals surface area (Å²) < 4.78 is 0. The first kappa shape index (κ1) is 22.6. The summed E-state index contributed by atoms with van der Waals surface area (Å²) in [6, 6.07) is 5.33. The summed E-state index contributed by atoms with van der Waals surface area (Å²) in [6.45, 7) is 15.2. The van der Waals surface area contributed by atoms with Crippen LogP contribution in [0.2, 0.25) is 50.4 Å². The molecule has 3 heteroatoms. The van der Waals surface area contributed by atoms with E-state index in [0.717, 1.165) is 6.54 Å². The third-order valence-corrected chi connectivity index (χ3v) is 10.2. The van der Waals surface area contributed by atoms with Crippen LogP contribution in [0.4, 0.5) is 0 Å². The molecule has 0 atom stereocenters. The molecule has 1 nitrogen and oxygen atoms in total. The predicted octanol–water partition coefficient (Wildman–Crippen LogP) is 7.19. The van der Waals surface area contributed by atoms with Gasteiger partial charge in [-0.2, -0.15) is 0 Å². The molecule has 0 aliphatic heterocycles. The monoisotopic (exact) mass is 351 g/mol. The van der Waals surface area contributed by atoms with Gasteiger partial charge in [0.1, 0.15) is 0 Å². The Bertz CT molecular complexity index is 368. The van der Waals surface area contributed by atoms with Crippen molar-refractivity contribution in [2.45, 2.75) is 89.9 Å². The van der Waals surface area contributed by atoms with Crippen LogP contribution in [0.15, 0.2) is 29.3 Å². The maximum Gasteiger partial charge on any atom is 0.0565 e. The quantitative estimate of drug-likeness (QED) is 0.144. The lowest BCUT2D eigenvalue weighted by Crippen LogP contribution is -2.24. The average Bonchev–Trinajstić information content (AvgIpc) is 2.49. The van der Waals surface area contributed by atoms with E-state index in [4.69, 9.17) is 0 Å². The van der Waals surface area contributed by atoms with Gasteiger partial charge in [-0.1, -0.05) is 75.8 Å². The summed E-state index contributed by atoms with van der Waals surface area (Å²) in [5, 5.41) is 0. The van der Waals surface area contributed by atoms with E-state index in [1.807, 2.05) is 0 Å². The largest absolute Gasteiger partial charge is 0.298 e. The molecule has 0 aromatic heterocycles. The maximum absolute atomic E-state index is 4.64. The van der Waals surface area contributed by atoms with Crippen LogP contribution >= 0.6 is 0 Å². The Balaban J connectivity index is 3.64. The lowest BCUT2D eigenvalue weighted by molar-refractivity contribution is 0.671. The van der Waals surface area contributed by atoms with Crippen molar-refractivity contribution in [2.24, 2.45) is 4.99 Å². The zero-order valence-electron chi connectivity index (χ0n) is 16.7. The van der Waals surface area contributed by atoms with E-state index in [0.29, 0.717) is 0 Å². The highest BCUT2D eigenvalue weighted by molar-refractivity contribution is 6.79. The molecule has 0 radical (unpaired) electrons. The molecule has 23 heavy (non-hydrogen) atoms. The lowest BCUT2D eigenvalue weighted by Gasteiger charge is -2.20. The molecule has 0 heterocycles. The molecular weight excluding hydrogens is 310 g/mol. The van der Waals surface area contributed by atoms with Gasteiger partial charge in [0.05, 0.1) is 16.1 Å². The molecule has 0 aliphatic carbocycles. The van der Waals surface area contributed by atoms with Crippen LogP contribution in [-0.4, -0.2) is 28.9 Å². The lowest BCUT2D eigenvalue weighted by atomic mass is 10.2. The topological polar surface area (TPSA) is 12.4 Å². The van der Waals surface area contributed by atoms with E-state index in [-0.39, 0.29) is 0 Å². The minimum atomic E-state index is -1.07. The van der Waals surface area contributed by atoms with Gasteiger partial charge in [-0.25, -0.2) is 0 Å². The number of aliphatic imine (C=N–C) groups is 1. The van der Waals surface area contributed by atoms with Gasteiger partial charge in [-0.05, 0) is 44.6 Å². The molecule has 0 amide bonds. The Morgan fingerprint density at radius 2 is 1.26 bits per heavy atom. The molecule has 0 rings (SSSR count). The van der Waals surface area contributed by atoms with E-state index in [9.17, 15) is 0 Å². The Hall–Kier alpha value is -0.416. The van der Waals surface area contributed by atoms with Gasteiger partial charge in [-0.3, -0.25) is 4.99 Å². The zero-order chi connectivity index (χ0) is 17.6. The first-order chi connectivity index (χ1) is 10.8. The number of unbranched alkanes of at least 4 members (excludes halogenated alkanes) is 3. The van der Waals surface area contributed by atoms with Crippen LogP contribution in [0, 0.1) is 0 Å². The third-order valence-electron chi connectivity index (χ3n) is 4.48. The number of rotatable bonds is 13. The van der Waals surface area contributed by atoms with E-state index in [1.165, 1.54) is 49.9 Å². The standard InChI is InChI=1S/C20H41NSi2/c1-7-9-17-22(3,4)19-14-12-11-13-15-21-16-20-23(5,6)18-10-8-2/h7-10,16H,11-15,17-20H2,1-6H3/b9-7+,10-8+,21-16?. The Morgan fingerprint density at radius 3 is 1.87 bits per heavy atom. The molecule has 0 unspecified atom stereocenters. The highest BCUT2D eigenvalue weighted by atomic mass is 28.3. The maximum atomic E-state index is 4.64. The van der Waals surface area contributed by atoms with Crippen LogP contribution in [0.3, 0.4) is 0 Å². The van der Waals surface area contributed by atoms with Crippen LogP contribution < -0.4 is 0 Å². The molecule has 0 saturated carbocycles. The molecule has 0 aromatic carbocycles. The fourth-order valence-electron chi connectivity index (χ4n) is 2.62. The van der Waals surface area contributed by atoms with Crippen LogP contribution in [0.1, 0.15) is 39.5 Å². The van der Waals surface area contributed by atoms with Crippen molar-refractivity contribution >= 4 is 22.4 Å². The summed E-state index contributed by atoms with van der Waals surface area (Å²) in [5.41, 5.74) is 0. The summed E-state index contributed by atoms with van der Waals surface area (Å²) >= 11 is 0. The number of allylic oxidation sites excluding steroid dienone is 4. The summed E-state index contributed by atoms with van der Waals surface area (Å²) in [7, 11) is -2.03. The van der Waals surface area contributed by atoms with Crippen molar-refractivity contribution in [2.75, 3.05) is 6.54 Å². The van der Waals surface area contributed by atoms with Gasteiger partial charge in [0.15, 0.2) is 0 Å². The second-order valence-corrected chi connectivity index (χ2v) is 18.7. The van der Waals surface area contributed by atoms with Crippen LogP contribution in [-0.2, 0) is 0 Å². The van der Waals surface area contributed by atoms with Crippen molar-refractivity contribution in [3.63, 3.8) is 0 Å². The predicted molar refractivity (Wildman–Crippen MR) is 116 cm³/mol. The Kier molecular flexibility index (Phi) is 12.7. The molecule has 0 bridgehead atoms. The van der Waals surface area contributed by atoms with Gasteiger partial charge in [0, 0.05) is 6.54 Å². The Morgan fingerprint density at radius 1 is 0.696 bits per heavy atom. The molecule has 0 N–H and O–H groups in total. The summed E-state index contributed by atoms with van der Waals surface area (Å²) in [4.78, 5) is 4.64. The highest BCUT2D eigenvalue weighted by Gasteiger charge is 2.18. The van der Waals surface area contributed by atoms with E-state index in [1.54, 1.807) is 0 Å². The van der Waals surface area contributed by atoms with Crippen molar-refractivity contribution in [1.29, 1.82) is 0 Å². The van der Waals surface area contributed by atoms with Crippen molar-refractivity contribution in [3.05, 3.63) is 24.3 Å². The fourth-order valence-corrected chi connectivity index (χ4v) is 6.57. The first-order valence-electron chi connectivity index (χ1n) is 9.53. The molecular formula is C20H41NSi2. The molecule has 0 aromatic rings. The van der Waals surface area contributed by atoms with Gasteiger partial charge in [-0.15, -0.1) is 0 Å². The molecule has 0 aliphatic rings.